The van der Waals surface area contributed by atoms with E-state index >= 15 is 0 Å². The summed E-state index contributed by atoms with van der Waals surface area (Å²) >= 11 is 0. The van der Waals surface area contributed by atoms with Gasteiger partial charge >= 0.3 is 16.4 Å². The molecule has 0 radical (unpaired) electrons. The van der Waals surface area contributed by atoms with Crippen LogP contribution in [0.4, 0.5) is 4.79 Å². The van der Waals surface area contributed by atoms with E-state index < -0.39 is 52.8 Å². The van der Waals surface area contributed by atoms with Crippen LogP contribution in [-0.4, -0.2) is 93.4 Å². The summed E-state index contributed by atoms with van der Waals surface area (Å²) in [5.41, 5.74) is 9.93. The average molecular weight is 397 g/mol. The lowest BCUT2D eigenvalue weighted by atomic mass is 9.85. The molecule has 4 atom stereocenters. The highest BCUT2D eigenvalue weighted by molar-refractivity contribution is 7.84. The molecule has 0 aliphatic carbocycles. The molecule has 1 amide bonds. The van der Waals surface area contributed by atoms with Crippen molar-refractivity contribution >= 4 is 22.4 Å². The number of nitrogens with one attached hydrogen (secondary N) is 2. The standard InChI is InChI=1S/C10H19N7O8S/c11-6-13-5-4(3-25-8(18)15-26(22,23)24)17(21)7(12)16-2-1-9(19,20)10(5,16)14-6/h4-5,7,19-21H,1-3,12H2,(H,15,18)(H3,11,13,14)(H,22,23,24)/t4-,5-,7?,10-/m0/s1. The van der Waals surface area contributed by atoms with Crippen LogP contribution in [0, 0.1) is 0 Å². The Kier molecular flexibility index (Phi) is 4.28. The Labute approximate surface area is 147 Å². The molecule has 10 N–H and O–H groups in total. The Morgan fingerprint density at radius 1 is 1.50 bits per heavy atom. The summed E-state index contributed by atoms with van der Waals surface area (Å²) in [4.78, 5) is 16.8. The first-order valence-corrected chi connectivity index (χ1v) is 8.81. The fourth-order valence-corrected chi connectivity index (χ4v) is 3.92. The number of hydroxylamine groups is 2. The van der Waals surface area contributed by atoms with Crippen molar-refractivity contribution in [2.75, 3.05) is 13.2 Å². The fraction of sp³-hybridized carbons (Fsp3) is 0.800. The van der Waals surface area contributed by atoms with Gasteiger partial charge in [-0.2, -0.15) is 18.2 Å². The van der Waals surface area contributed by atoms with E-state index in [2.05, 4.69) is 15.0 Å². The van der Waals surface area contributed by atoms with Crippen LogP contribution >= 0.6 is 0 Å². The summed E-state index contributed by atoms with van der Waals surface area (Å²) in [6.45, 7) is -0.561. The van der Waals surface area contributed by atoms with Crippen LogP contribution in [0.2, 0.25) is 0 Å². The topological polar surface area (TPSA) is 236 Å². The molecular weight excluding hydrogens is 378 g/mol. The zero-order chi connectivity index (χ0) is 19.5. The minimum absolute atomic E-state index is 0.0916. The van der Waals surface area contributed by atoms with Crippen LogP contribution in [0.3, 0.4) is 0 Å². The quantitative estimate of drug-likeness (QED) is 0.165. The van der Waals surface area contributed by atoms with Gasteiger partial charge < -0.3 is 36.9 Å². The van der Waals surface area contributed by atoms with Gasteiger partial charge in [-0.15, -0.1) is 0 Å². The molecular formula is C10H19N7O8S. The number of hydrogen-bond acceptors (Lipinski definition) is 13. The summed E-state index contributed by atoms with van der Waals surface area (Å²) in [5.74, 6) is -2.47. The molecule has 26 heavy (non-hydrogen) atoms. The van der Waals surface area contributed by atoms with Gasteiger partial charge in [-0.25, -0.2) is 14.7 Å². The second kappa shape index (κ2) is 5.86. The second-order valence-electron chi connectivity index (χ2n) is 6.15. The van der Waals surface area contributed by atoms with E-state index in [4.69, 9.17) is 16.0 Å². The minimum atomic E-state index is -4.83. The monoisotopic (exact) mass is 397 g/mol. The third-order valence-electron chi connectivity index (χ3n) is 4.68. The Morgan fingerprint density at radius 3 is 2.77 bits per heavy atom. The molecule has 148 valence electrons. The van der Waals surface area contributed by atoms with Gasteiger partial charge in [-0.05, 0) is 0 Å². The molecule has 0 aromatic rings. The number of rotatable bonds is 3. The summed E-state index contributed by atoms with van der Waals surface area (Å²) in [7, 11) is -4.83. The SMILES string of the molecule is NC1=N[C@H]2[C@H](COC(=O)NS(=O)(=O)O)N(O)C(N)N3CCC(O)(O)[C@]23N1. The van der Waals surface area contributed by atoms with E-state index in [1.807, 2.05) is 0 Å². The highest BCUT2D eigenvalue weighted by Crippen LogP contribution is 2.46. The number of carbonyl (C=O) groups is 1. The smallest absolute Gasteiger partial charge is 0.422 e. The fourth-order valence-electron chi connectivity index (χ4n) is 3.65. The Bertz CT molecular complexity index is 744. The Balaban J connectivity index is 1.87. The normalized spacial score (nSPS) is 36.7. The predicted octanol–water partition coefficient (Wildman–Crippen LogP) is -4.80. The molecule has 1 spiro atoms. The molecule has 1 unspecified atom stereocenters. The molecule has 15 nitrogen and oxygen atoms in total. The van der Waals surface area contributed by atoms with Gasteiger partial charge in [0.15, 0.2) is 11.6 Å². The van der Waals surface area contributed by atoms with Crippen molar-refractivity contribution in [2.45, 2.75) is 36.2 Å². The van der Waals surface area contributed by atoms with Gasteiger partial charge in [0.05, 0.1) is 6.04 Å². The van der Waals surface area contributed by atoms with E-state index in [0.29, 0.717) is 5.06 Å². The van der Waals surface area contributed by atoms with Crippen molar-refractivity contribution < 1.29 is 37.9 Å². The Hall–Kier alpha value is -1.79. The maximum atomic E-state index is 11.4. The first-order chi connectivity index (χ1) is 11.9. The molecule has 0 aromatic heterocycles. The largest absolute Gasteiger partial charge is 0.447 e. The highest BCUT2D eigenvalue weighted by atomic mass is 32.2. The maximum absolute atomic E-state index is 11.4. The van der Waals surface area contributed by atoms with Gasteiger partial charge in [-0.3, -0.25) is 4.55 Å². The van der Waals surface area contributed by atoms with Crippen molar-refractivity contribution in [3.8, 4) is 0 Å². The number of aliphatic hydroxyl groups is 2. The lowest BCUT2D eigenvalue weighted by Crippen LogP contribution is -2.82. The van der Waals surface area contributed by atoms with Gasteiger partial charge in [0.25, 0.3) is 0 Å². The molecule has 3 aliphatic rings. The van der Waals surface area contributed by atoms with Crippen molar-refractivity contribution in [2.24, 2.45) is 16.5 Å². The molecule has 2 fully saturated rings. The number of carbonyl (C=O) groups excluding carboxylic acids is 1. The van der Waals surface area contributed by atoms with Crippen molar-refractivity contribution in [3.05, 3.63) is 0 Å². The van der Waals surface area contributed by atoms with E-state index in [1.54, 1.807) is 0 Å². The molecule has 0 bridgehead atoms. The van der Waals surface area contributed by atoms with Crippen molar-refractivity contribution in [1.82, 2.24) is 20.0 Å². The van der Waals surface area contributed by atoms with E-state index in [-0.39, 0.29) is 18.9 Å². The van der Waals surface area contributed by atoms with Gasteiger partial charge in [0, 0.05) is 13.0 Å². The molecule has 2 saturated heterocycles. The summed E-state index contributed by atoms with van der Waals surface area (Å²) in [6, 6.07) is -2.35. The average Bonchev–Trinajstić information content (AvgIpc) is 2.96. The van der Waals surface area contributed by atoms with E-state index in [9.17, 15) is 28.6 Å². The van der Waals surface area contributed by atoms with E-state index in [0.717, 1.165) is 4.72 Å². The number of aliphatic imine (C=N–C) groups is 1. The summed E-state index contributed by atoms with van der Waals surface area (Å²) < 4.78 is 35.6. The maximum Gasteiger partial charge on any atom is 0.422 e. The number of hydrogen-bond donors (Lipinski definition) is 8. The van der Waals surface area contributed by atoms with Gasteiger partial charge in [0.1, 0.15) is 18.9 Å². The zero-order valence-electron chi connectivity index (χ0n) is 13.2. The lowest BCUT2D eigenvalue weighted by molar-refractivity contribution is -0.304. The molecule has 3 rings (SSSR count). The van der Waals surface area contributed by atoms with Crippen molar-refractivity contribution in [1.29, 1.82) is 0 Å². The highest BCUT2D eigenvalue weighted by Gasteiger charge is 2.71. The van der Waals surface area contributed by atoms with Gasteiger partial charge in [0.2, 0.25) is 5.79 Å². The Morgan fingerprint density at radius 2 is 2.15 bits per heavy atom. The van der Waals surface area contributed by atoms with Crippen LogP contribution in [0.5, 0.6) is 0 Å². The number of ether oxygens (including phenoxy) is 1. The molecule has 16 heteroatoms. The molecule has 0 saturated carbocycles. The zero-order valence-corrected chi connectivity index (χ0v) is 14.0. The third-order valence-corrected chi connectivity index (χ3v) is 5.11. The van der Waals surface area contributed by atoms with Crippen LogP contribution < -0.4 is 21.5 Å². The lowest BCUT2D eigenvalue weighted by Gasteiger charge is -2.54. The van der Waals surface area contributed by atoms with Crippen molar-refractivity contribution in [3.63, 3.8) is 0 Å². The molecule has 3 heterocycles. The predicted molar refractivity (Wildman–Crippen MR) is 81.2 cm³/mol. The minimum Gasteiger partial charge on any atom is -0.447 e. The first kappa shape index (κ1) is 19.0. The van der Waals surface area contributed by atoms with Crippen LogP contribution in [-0.2, 0) is 15.0 Å². The first-order valence-electron chi connectivity index (χ1n) is 7.37. The third kappa shape index (κ3) is 2.76. The van der Waals surface area contributed by atoms with Crippen LogP contribution in [0.15, 0.2) is 4.99 Å². The van der Waals surface area contributed by atoms with Gasteiger partial charge in [-0.1, -0.05) is 0 Å². The summed E-state index contributed by atoms with van der Waals surface area (Å²) in [6.07, 6.45) is -2.88. The molecule has 0 aromatic carbocycles. The second-order valence-corrected chi connectivity index (χ2v) is 7.30. The number of amides is 1. The molecule has 3 aliphatic heterocycles. The summed E-state index contributed by atoms with van der Waals surface area (Å²) in [5, 5.41) is 34.5. The number of nitrogens with zero attached hydrogens (tertiary/aromatic N) is 3. The number of guanidine groups is 1. The number of nitrogens with two attached hydrogens (primary N) is 2. The van der Waals surface area contributed by atoms with Crippen LogP contribution in [0.1, 0.15) is 6.42 Å². The van der Waals surface area contributed by atoms with Crippen LogP contribution in [0.25, 0.3) is 0 Å². The van der Waals surface area contributed by atoms with E-state index in [1.165, 1.54) is 4.90 Å².